The number of esters is 1. The molecule has 2 aromatic carbocycles. The number of piperazine rings is 1. The molecule has 0 bridgehead atoms. The Morgan fingerprint density at radius 2 is 1.91 bits per heavy atom. The number of hydrogen-bond donors (Lipinski definition) is 2. The van der Waals surface area contributed by atoms with Crippen molar-refractivity contribution in [3.05, 3.63) is 77.4 Å². The van der Waals surface area contributed by atoms with Crippen LogP contribution in [0.3, 0.4) is 0 Å². The molecule has 7 nitrogen and oxygen atoms in total. The zero-order chi connectivity index (χ0) is 22.9. The third-order valence-electron chi connectivity index (χ3n) is 4.93. The van der Waals surface area contributed by atoms with Gasteiger partial charge in [-0.1, -0.05) is 60.2 Å². The highest BCUT2D eigenvalue weighted by Crippen LogP contribution is 2.12. The Balaban J connectivity index is 1.56. The summed E-state index contributed by atoms with van der Waals surface area (Å²) in [6, 6.07) is 16.2. The fraction of sp³-hybridized carbons (Fsp3) is 0.250. The van der Waals surface area contributed by atoms with Gasteiger partial charge in [-0.15, -0.1) is 0 Å². The highest BCUT2D eigenvalue weighted by Gasteiger charge is 2.34. The molecular formula is C24H25N3O4S. The summed E-state index contributed by atoms with van der Waals surface area (Å²) in [5, 5.41) is 5.43. The summed E-state index contributed by atoms with van der Waals surface area (Å²) in [6.07, 6.45) is 2.89. The maximum atomic E-state index is 12.4. The van der Waals surface area contributed by atoms with Crippen molar-refractivity contribution in [2.24, 2.45) is 0 Å². The first-order valence-electron chi connectivity index (χ1n) is 10.3. The second kappa shape index (κ2) is 11.2. The Kier molecular flexibility index (Phi) is 8.10. The van der Waals surface area contributed by atoms with Crippen LogP contribution >= 0.6 is 12.2 Å². The quantitative estimate of drug-likeness (QED) is 0.398. The Labute approximate surface area is 192 Å². The van der Waals surface area contributed by atoms with Crippen LogP contribution in [0.25, 0.3) is 6.08 Å². The van der Waals surface area contributed by atoms with Crippen LogP contribution in [0.5, 0.6) is 0 Å². The molecule has 0 aliphatic carbocycles. The molecule has 0 aromatic heterocycles. The first kappa shape index (κ1) is 23.1. The van der Waals surface area contributed by atoms with Crippen molar-refractivity contribution in [2.45, 2.75) is 26.0 Å². The van der Waals surface area contributed by atoms with Gasteiger partial charge in [-0.05, 0) is 36.3 Å². The van der Waals surface area contributed by atoms with Gasteiger partial charge in [0.15, 0.2) is 5.11 Å². The molecule has 1 saturated heterocycles. The van der Waals surface area contributed by atoms with Crippen molar-refractivity contribution in [1.29, 1.82) is 0 Å². The van der Waals surface area contributed by atoms with E-state index >= 15 is 0 Å². The molecule has 1 unspecified atom stereocenters. The Hall–Kier alpha value is -3.52. The van der Waals surface area contributed by atoms with E-state index in [1.165, 1.54) is 6.08 Å². The summed E-state index contributed by atoms with van der Waals surface area (Å²) in [4.78, 5) is 38.6. The van der Waals surface area contributed by atoms with Gasteiger partial charge in [0.1, 0.15) is 12.6 Å². The van der Waals surface area contributed by atoms with Gasteiger partial charge in [-0.25, -0.2) is 0 Å². The molecule has 0 radical (unpaired) electrons. The van der Waals surface area contributed by atoms with Crippen LogP contribution in [0.2, 0.25) is 0 Å². The van der Waals surface area contributed by atoms with Crippen LogP contribution in [0.15, 0.2) is 60.7 Å². The molecule has 166 valence electrons. The zero-order valence-electron chi connectivity index (χ0n) is 17.7. The van der Waals surface area contributed by atoms with Crippen molar-refractivity contribution >= 4 is 41.2 Å². The Morgan fingerprint density at radius 3 is 2.62 bits per heavy atom. The molecule has 3 rings (SSSR count). The van der Waals surface area contributed by atoms with Crippen LogP contribution in [0, 0.1) is 6.92 Å². The molecule has 2 amide bonds. The van der Waals surface area contributed by atoms with Gasteiger partial charge in [0.25, 0.3) is 0 Å². The number of hydrogen-bond acceptors (Lipinski definition) is 5. The number of thiocarbonyl (C=S) groups is 1. The molecule has 1 aliphatic rings. The fourth-order valence-corrected chi connectivity index (χ4v) is 3.50. The van der Waals surface area contributed by atoms with Gasteiger partial charge >= 0.3 is 5.97 Å². The zero-order valence-corrected chi connectivity index (χ0v) is 18.6. The highest BCUT2D eigenvalue weighted by atomic mass is 32.1. The lowest BCUT2D eigenvalue weighted by atomic mass is 10.1. The summed E-state index contributed by atoms with van der Waals surface area (Å²) in [5.41, 5.74) is 2.87. The predicted molar refractivity (Wildman–Crippen MR) is 125 cm³/mol. The minimum Gasteiger partial charge on any atom is -0.461 e. The topological polar surface area (TPSA) is 87.7 Å². The third kappa shape index (κ3) is 6.75. The lowest BCUT2D eigenvalue weighted by Crippen LogP contribution is -2.60. The number of nitrogens with one attached hydrogen (secondary N) is 2. The van der Waals surface area contributed by atoms with Crippen molar-refractivity contribution in [3.63, 3.8) is 0 Å². The van der Waals surface area contributed by atoms with Crippen LogP contribution in [0.1, 0.15) is 23.1 Å². The largest absolute Gasteiger partial charge is 0.461 e. The molecule has 0 spiro atoms. The number of amides is 2. The first-order chi connectivity index (χ1) is 15.4. The smallest absolute Gasteiger partial charge is 0.308 e. The van der Waals surface area contributed by atoms with E-state index in [-0.39, 0.29) is 24.0 Å². The Morgan fingerprint density at radius 1 is 1.19 bits per heavy atom. The predicted octanol–water partition coefficient (Wildman–Crippen LogP) is 2.34. The van der Waals surface area contributed by atoms with Crippen LogP contribution in [-0.4, -0.2) is 46.9 Å². The minimum atomic E-state index is -0.846. The van der Waals surface area contributed by atoms with Gasteiger partial charge in [-0.3, -0.25) is 19.7 Å². The van der Waals surface area contributed by atoms with Gasteiger partial charge < -0.3 is 15.0 Å². The number of aryl methyl sites for hydroxylation is 1. The first-order valence-corrected chi connectivity index (χ1v) is 10.7. The molecule has 2 N–H and O–H groups in total. The van der Waals surface area contributed by atoms with Gasteiger partial charge in [-0.2, -0.15) is 0 Å². The molecule has 1 fully saturated rings. The highest BCUT2D eigenvalue weighted by molar-refractivity contribution is 7.80. The summed E-state index contributed by atoms with van der Waals surface area (Å²) in [7, 11) is 0. The Bertz CT molecular complexity index is 1010. The van der Waals surface area contributed by atoms with E-state index in [4.69, 9.17) is 17.0 Å². The van der Waals surface area contributed by atoms with E-state index < -0.39 is 17.9 Å². The fourth-order valence-electron chi connectivity index (χ4n) is 3.18. The van der Waals surface area contributed by atoms with Gasteiger partial charge in [0.05, 0.1) is 6.42 Å². The van der Waals surface area contributed by atoms with Gasteiger partial charge in [0, 0.05) is 19.2 Å². The summed E-state index contributed by atoms with van der Waals surface area (Å²) in [5.74, 6) is -1.26. The number of ether oxygens (including phenoxy) is 1. The lowest BCUT2D eigenvalue weighted by molar-refractivity contribution is -0.148. The molecule has 32 heavy (non-hydrogen) atoms. The molecular weight excluding hydrogens is 426 g/mol. The maximum absolute atomic E-state index is 12.4. The van der Waals surface area contributed by atoms with E-state index in [9.17, 15) is 14.4 Å². The maximum Gasteiger partial charge on any atom is 0.308 e. The number of rotatable bonds is 6. The van der Waals surface area contributed by atoms with E-state index in [1.807, 2.05) is 61.5 Å². The average molecular weight is 452 g/mol. The summed E-state index contributed by atoms with van der Waals surface area (Å²) >= 11 is 5.35. The van der Waals surface area contributed by atoms with Crippen LogP contribution in [-0.2, 0) is 25.7 Å². The molecule has 1 aliphatic heterocycles. The second-order valence-corrected chi connectivity index (χ2v) is 7.78. The van der Waals surface area contributed by atoms with E-state index in [1.54, 1.807) is 11.0 Å². The van der Waals surface area contributed by atoms with E-state index in [2.05, 4.69) is 10.6 Å². The van der Waals surface area contributed by atoms with E-state index in [0.29, 0.717) is 13.1 Å². The lowest BCUT2D eigenvalue weighted by Gasteiger charge is -2.36. The minimum absolute atomic E-state index is 0.0965. The number of carbonyl (C=O) groups excluding carboxylic acids is 3. The standard InChI is InChI=1S/C24H25N3O4S/c1-17-7-9-18(10-8-17)11-12-21(28)26-24(32)27-14-13-25-23(30)20(27)15-22(29)31-16-19-5-3-2-4-6-19/h2-12,20H,13-16H2,1H3,(H,25,30)(H,26,28,32). The van der Waals surface area contributed by atoms with Crippen LogP contribution < -0.4 is 10.6 Å². The summed E-state index contributed by atoms with van der Waals surface area (Å²) < 4.78 is 5.30. The number of benzene rings is 2. The molecule has 1 heterocycles. The monoisotopic (exact) mass is 451 g/mol. The van der Waals surface area contributed by atoms with Crippen molar-refractivity contribution in [3.8, 4) is 0 Å². The van der Waals surface area contributed by atoms with Crippen molar-refractivity contribution < 1.29 is 19.1 Å². The molecule has 2 aromatic rings. The normalized spacial score (nSPS) is 15.8. The third-order valence-corrected chi connectivity index (χ3v) is 5.27. The molecule has 8 heteroatoms. The van der Waals surface area contributed by atoms with Crippen LogP contribution in [0.4, 0.5) is 0 Å². The average Bonchev–Trinajstić information content (AvgIpc) is 2.79. The second-order valence-electron chi connectivity index (χ2n) is 7.39. The summed E-state index contributed by atoms with van der Waals surface area (Å²) in [6.45, 7) is 2.85. The molecule has 1 atom stereocenters. The van der Waals surface area contributed by atoms with Gasteiger partial charge in [0.2, 0.25) is 11.8 Å². The van der Waals surface area contributed by atoms with Crippen molar-refractivity contribution in [1.82, 2.24) is 15.5 Å². The van der Waals surface area contributed by atoms with Crippen molar-refractivity contribution in [2.75, 3.05) is 13.1 Å². The number of carbonyl (C=O) groups is 3. The van der Waals surface area contributed by atoms with E-state index in [0.717, 1.165) is 16.7 Å². The molecule has 0 saturated carbocycles. The SMILES string of the molecule is Cc1ccc(C=CC(=O)NC(=S)N2CCNC(=O)C2CC(=O)OCc2ccccc2)cc1. The number of nitrogens with zero attached hydrogens (tertiary/aromatic N) is 1.